The molecule has 2 aromatic rings. The van der Waals surface area contributed by atoms with Gasteiger partial charge in [0.1, 0.15) is 5.82 Å². The standard InChI is InChI=1S/C20H23F4N3O/c1-12(2)17-10-18(27(26-17)11-13-5-3-4-6-13)25-19(28)15-9-14(20(22,23)24)7-8-16(15)21/h7-10,12-13,26H,3-6,11H2,1-2H3/b25-18+. The average molecular weight is 397 g/mol. The number of H-pyrrole nitrogens is 1. The molecule has 28 heavy (non-hydrogen) atoms. The van der Waals surface area contributed by atoms with E-state index in [0.29, 0.717) is 36.1 Å². The molecule has 1 aromatic heterocycles. The molecule has 1 fully saturated rings. The maximum absolute atomic E-state index is 14.0. The van der Waals surface area contributed by atoms with Crippen molar-refractivity contribution in [3.8, 4) is 0 Å². The zero-order chi connectivity index (χ0) is 20.5. The molecular formula is C20H23F4N3O. The van der Waals surface area contributed by atoms with Crippen LogP contribution in [0.1, 0.15) is 67.1 Å². The Bertz CT molecular complexity index is 918. The van der Waals surface area contributed by atoms with Crippen molar-refractivity contribution < 1.29 is 22.4 Å². The van der Waals surface area contributed by atoms with E-state index in [4.69, 9.17) is 0 Å². The SMILES string of the molecule is CC(C)c1c/c(=N\C(=O)c2cc(C(F)(F)F)ccc2F)n(CC2CCCC2)[nH]1. The Morgan fingerprint density at radius 1 is 1.25 bits per heavy atom. The zero-order valence-corrected chi connectivity index (χ0v) is 15.8. The summed E-state index contributed by atoms with van der Waals surface area (Å²) in [5.74, 6) is -1.45. The van der Waals surface area contributed by atoms with Gasteiger partial charge < -0.3 is 5.10 Å². The van der Waals surface area contributed by atoms with Crippen molar-refractivity contribution in [2.75, 3.05) is 0 Å². The molecule has 1 heterocycles. The van der Waals surface area contributed by atoms with E-state index in [-0.39, 0.29) is 5.92 Å². The lowest BCUT2D eigenvalue weighted by molar-refractivity contribution is -0.137. The van der Waals surface area contributed by atoms with Gasteiger partial charge >= 0.3 is 6.18 Å². The molecule has 152 valence electrons. The third kappa shape index (κ3) is 4.54. The number of amides is 1. The highest BCUT2D eigenvalue weighted by Gasteiger charge is 2.32. The number of halogens is 4. The average Bonchev–Trinajstić information content (AvgIpc) is 3.25. The van der Waals surface area contributed by atoms with Gasteiger partial charge in [0.15, 0.2) is 5.49 Å². The van der Waals surface area contributed by atoms with Gasteiger partial charge in [-0.3, -0.25) is 9.48 Å². The summed E-state index contributed by atoms with van der Waals surface area (Å²) >= 11 is 0. The van der Waals surface area contributed by atoms with Gasteiger partial charge in [0.2, 0.25) is 0 Å². The van der Waals surface area contributed by atoms with Gasteiger partial charge in [-0.05, 0) is 42.9 Å². The Morgan fingerprint density at radius 2 is 1.93 bits per heavy atom. The predicted octanol–water partition coefficient (Wildman–Crippen LogP) is 5.03. The second-order valence-electron chi connectivity index (χ2n) is 7.59. The molecule has 0 aliphatic heterocycles. The minimum atomic E-state index is -4.66. The number of aromatic amines is 1. The number of carbonyl (C=O) groups is 1. The molecule has 3 rings (SSSR count). The molecule has 0 bridgehead atoms. The molecule has 0 unspecified atom stereocenters. The Hall–Kier alpha value is -2.38. The van der Waals surface area contributed by atoms with Gasteiger partial charge in [-0.2, -0.15) is 18.2 Å². The van der Waals surface area contributed by atoms with E-state index in [1.165, 1.54) is 0 Å². The minimum absolute atomic E-state index is 0.152. The summed E-state index contributed by atoms with van der Waals surface area (Å²) in [4.78, 5) is 16.4. The molecule has 0 radical (unpaired) electrons. The highest BCUT2D eigenvalue weighted by atomic mass is 19.4. The quantitative estimate of drug-likeness (QED) is 0.723. The normalized spacial score (nSPS) is 16.3. The van der Waals surface area contributed by atoms with Gasteiger partial charge in [-0.15, -0.1) is 0 Å². The molecule has 0 saturated heterocycles. The number of benzene rings is 1. The first-order chi connectivity index (χ1) is 13.1. The van der Waals surface area contributed by atoms with E-state index in [1.54, 1.807) is 10.7 Å². The molecule has 1 saturated carbocycles. The van der Waals surface area contributed by atoms with Crippen molar-refractivity contribution in [2.24, 2.45) is 10.9 Å². The minimum Gasteiger partial charge on any atom is -0.301 e. The van der Waals surface area contributed by atoms with E-state index in [2.05, 4.69) is 10.1 Å². The topological polar surface area (TPSA) is 50.1 Å². The van der Waals surface area contributed by atoms with E-state index < -0.39 is 29.0 Å². The molecular weight excluding hydrogens is 374 g/mol. The van der Waals surface area contributed by atoms with Crippen molar-refractivity contribution in [1.82, 2.24) is 9.78 Å². The summed E-state index contributed by atoms with van der Waals surface area (Å²) < 4.78 is 54.5. The van der Waals surface area contributed by atoms with Gasteiger partial charge in [-0.25, -0.2) is 4.39 Å². The molecule has 1 aliphatic rings. The van der Waals surface area contributed by atoms with Crippen LogP contribution in [0.5, 0.6) is 0 Å². The highest BCUT2D eigenvalue weighted by Crippen LogP contribution is 2.30. The Labute approximate surface area is 160 Å². The van der Waals surface area contributed by atoms with Crippen LogP contribution in [0.4, 0.5) is 17.6 Å². The molecule has 1 aromatic carbocycles. The summed E-state index contributed by atoms with van der Waals surface area (Å²) in [7, 11) is 0. The number of alkyl halides is 3. The van der Waals surface area contributed by atoms with Crippen LogP contribution in [-0.4, -0.2) is 15.7 Å². The van der Waals surface area contributed by atoms with Crippen LogP contribution in [0.3, 0.4) is 0 Å². The van der Waals surface area contributed by atoms with Gasteiger partial charge in [0.25, 0.3) is 5.91 Å². The number of aromatic nitrogens is 2. The van der Waals surface area contributed by atoms with Gasteiger partial charge in [-0.1, -0.05) is 26.7 Å². The Balaban J connectivity index is 1.99. The second-order valence-corrected chi connectivity index (χ2v) is 7.59. The Morgan fingerprint density at radius 3 is 2.54 bits per heavy atom. The lowest BCUT2D eigenvalue weighted by Gasteiger charge is -2.11. The molecule has 1 N–H and O–H groups in total. The molecule has 1 amide bonds. The summed E-state index contributed by atoms with van der Waals surface area (Å²) in [6.45, 7) is 4.59. The van der Waals surface area contributed by atoms with E-state index in [0.717, 1.165) is 31.4 Å². The number of nitrogens with zero attached hydrogens (tertiary/aromatic N) is 2. The fourth-order valence-electron chi connectivity index (χ4n) is 3.47. The highest BCUT2D eigenvalue weighted by molar-refractivity contribution is 5.95. The number of rotatable bonds is 4. The second kappa shape index (κ2) is 7.93. The van der Waals surface area contributed by atoms with Crippen LogP contribution in [0.15, 0.2) is 29.3 Å². The van der Waals surface area contributed by atoms with Crippen molar-refractivity contribution in [1.29, 1.82) is 0 Å². The van der Waals surface area contributed by atoms with Crippen LogP contribution in [0, 0.1) is 11.7 Å². The first kappa shape index (κ1) is 20.4. The van der Waals surface area contributed by atoms with E-state index in [9.17, 15) is 22.4 Å². The first-order valence-corrected chi connectivity index (χ1v) is 9.40. The molecule has 8 heteroatoms. The van der Waals surface area contributed by atoms with Crippen molar-refractivity contribution >= 4 is 5.91 Å². The Kier molecular flexibility index (Phi) is 5.76. The fraction of sp³-hybridized carbons (Fsp3) is 0.500. The summed E-state index contributed by atoms with van der Waals surface area (Å²) in [5.41, 5.74) is -0.607. The van der Waals surface area contributed by atoms with Crippen LogP contribution >= 0.6 is 0 Å². The summed E-state index contributed by atoms with van der Waals surface area (Å²) in [5, 5.41) is 3.21. The molecule has 0 atom stereocenters. The lowest BCUT2D eigenvalue weighted by Crippen LogP contribution is -2.23. The largest absolute Gasteiger partial charge is 0.416 e. The molecule has 4 nitrogen and oxygen atoms in total. The third-order valence-corrected chi connectivity index (χ3v) is 5.10. The lowest BCUT2D eigenvalue weighted by atomic mass is 10.1. The first-order valence-electron chi connectivity index (χ1n) is 9.40. The summed E-state index contributed by atoms with van der Waals surface area (Å²) in [6, 6.07) is 3.47. The maximum atomic E-state index is 14.0. The fourth-order valence-corrected chi connectivity index (χ4v) is 3.47. The van der Waals surface area contributed by atoms with Gasteiger partial charge in [0, 0.05) is 18.3 Å². The number of nitrogens with one attached hydrogen (secondary N) is 1. The van der Waals surface area contributed by atoms with Gasteiger partial charge in [0.05, 0.1) is 11.1 Å². The van der Waals surface area contributed by atoms with Crippen LogP contribution in [0.2, 0.25) is 0 Å². The number of hydrogen-bond acceptors (Lipinski definition) is 1. The van der Waals surface area contributed by atoms with E-state index >= 15 is 0 Å². The predicted molar refractivity (Wildman–Crippen MR) is 96.1 cm³/mol. The van der Waals surface area contributed by atoms with Crippen molar-refractivity contribution in [2.45, 2.75) is 58.2 Å². The van der Waals surface area contributed by atoms with Crippen LogP contribution < -0.4 is 5.49 Å². The number of hydrogen-bond donors (Lipinski definition) is 1. The smallest absolute Gasteiger partial charge is 0.301 e. The van der Waals surface area contributed by atoms with Crippen molar-refractivity contribution in [3.63, 3.8) is 0 Å². The molecule has 1 aliphatic carbocycles. The summed E-state index contributed by atoms with van der Waals surface area (Å²) in [6.07, 6.45) is -0.186. The zero-order valence-electron chi connectivity index (χ0n) is 15.8. The monoisotopic (exact) mass is 397 g/mol. The maximum Gasteiger partial charge on any atom is 0.416 e. The number of carbonyl (C=O) groups excluding carboxylic acids is 1. The van der Waals surface area contributed by atoms with Crippen LogP contribution in [-0.2, 0) is 12.7 Å². The molecule has 0 spiro atoms. The van der Waals surface area contributed by atoms with Crippen LogP contribution in [0.25, 0.3) is 0 Å². The third-order valence-electron chi connectivity index (χ3n) is 5.10. The van der Waals surface area contributed by atoms with Crippen molar-refractivity contribution in [3.05, 3.63) is 52.4 Å². The van der Waals surface area contributed by atoms with E-state index in [1.807, 2.05) is 13.8 Å².